The Labute approximate surface area is 188 Å². The zero-order valence-electron chi connectivity index (χ0n) is 17.1. The number of carbonyl (C=O) groups is 2. The first-order valence-electron chi connectivity index (χ1n) is 9.39. The predicted octanol–water partition coefficient (Wildman–Crippen LogP) is 4.65. The number of halogens is 2. The number of esters is 2. The Bertz CT molecular complexity index is 1130. The minimum atomic E-state index is -1.49. The lowest BCUT2D eigenvalue weighted by molar-refractivity contribution is -0.145. The molecule has 3 aromatic rings. The summed E-state index contributed by atoms with van der Waals surface area (Å²) in [6.07, 6.45) is -1.49. The fraction of sp³-hybridized carbons (Fsp3) is 0.273. The summed E-state index contributed by atoms with van der Waals surface area (Å²) in [4.78, 5) is 28.3. The van der Waals surface area contributed by atoms with Crippen LogP contribution in [0.3, 0.4) is 0 Å². The molecule has 164 valence electrons. The fourth-order valence-electron chi connectivity index (χ4n) is 3.51. The fourth-order valence-corrected chi connectivity index (χ4v) is 4.10. The first-order valence-corrected chi connectivity index (χ1v) is 10.2. The van der Waals surface area contributed by atoms with Crippen molar-refractivity contribution in [3.05, 3.63) is 63.3 Å². The largest absolute Gasteiger partial charge is 0.497 e. The summed E-state index contributed by atoms with van der Waals surface area (Å²) in [6, 6.07) is 9.72. The summed E-state index contributed by atoms with van der Waals surface area (Å²) < 4.78 is 15.3. The van der Waals surface area contributed by atoms with Crippen LogP contribution in [0, 0.1) is 0 Å². The van der Waals surface area contributed by atoms with Gasteiger partial charge in [-0.05, 0) is 36.8 Å². The Balaban J connectivity index is 2.26. The third-order valence-electron chi connectivity index (χ3n) is 4.85. The van der Waals surface area contributed by atoms with Gasteiger partial charge in [0.2, 0.25) is 0 Å². The highest BCUT2D eigenvalue weighted by Crippen LogP contribution is 2.42. The van der Waals surface area contributed by atoms with E-state index >= 15 is 0 Å². The first-order chi connectivity index (χ1) is 14.8. The first kappa shape index (κ1) is 22.9. The molecule has 0 radical (unpaired) electrons. The number of hydrogen-bond donors (Lipinski definition) is 2. The Morgan fingerprint density at radius 1 is 1.16 bits per heavy atom. The lowest BCUT2D eigenvalue weighted by Crippen LogP contribution is -2.23. The maximum Gasteiger partial charge on any atom is 0.355 e. The van der Waals surface area contributed by atoms with E-state index in [1.807, 2.05) is 0 Å². The van der Waals surface area contributed by atoms with Gasteiger partial charge in [0.1, 0.15) is 17.4 Å². The van der Waals surface area contributed by atoms with Crippen LogP contribution in [-0.4, -0.2) is 42.9 Å². The number of rotatable bonds is 7. The maximum absolute atomic E-state index is 12.7. The zero-order valence-corrected chi connectivity index (χ0v) is 18.6. The number of methoxy groups -OCH3 is 2. The lowest BCUT2D eigenvalue weighted by Gasteiger charge is -2.22. The normalized spacial score (nSPS) is 13.0. The smallest absolute Gasteiger partial charge is 0.355 e. The van der Waals surface area contributed by atoms with Gasteiger partial charge in [-0.3, -0.25) is 4.79 Å². The third-order valence-corrected chi connectivity index (χ3v) is 5.37. The van der Waals surface area contributed by atoms with Gasteiger partial charge in [0.15, 0.2) is 0 Å². The van der Waals surface area contributed by atoms with Crippen LogP contribution in [0.2, 0.25) is 10.0 Å². The van der Waals surface area contributed by atoms with E-state index in [4.69, 9.17) is 37.4 Å². The van der Waals surface area contributed by atoms with Crippen molar-refractivity contribution in [1.29, 1.82) is 0 Å². The van der Waals surface area contributed by atoms with Crippen molar-refractivity contribution < 1.29 is 28.9 Å². The lowest BCUT2D eigenvalue weighted by atomic mass is 9.87. The molecule has 9 heteroatoms. The number of hydrogen-bond acceptors (Lipinski definition) is 6. The van der Waals surface area contributed by atoms with Gasteiger partial charge in [0, 0.05) is 21.5 Å². The summed E-state index contributed by atoms with van der Waals surface area (Å²) in [5.41, 5.74) is 0.954. The summed E-state index contributed by atoms with van der Waals surface area (Å²) in [7, 11) is 2.71. The van der Waals surface area contributed by atoms with Gasteiger partial charge >= 0.3 is 11.9 Å². The molecule has 0 amide bonds. The SMILES string of the molecule is CCOC(=O)c1[nH]c2cc(Cl)cc(Cl)c2c1C(O)C(C(=O)OC)c1cccc(OC)c1. The number of nitrogens with one attached hydrogen (secondary N) is 1. The van der Waals surface area contributed by atoms with Crippen LogP contribution in [0.4, 0.5) is 0 Å². The Morgan fingerprint density at radius 2 is 1.90 bits per heavy atom. The molecule has 0 saturated carbocycles. The van der Waals surface area contributed by atoms with Gasteiger partial charge in [0.25, 0.3) is 0 Å². The molecule has 2 unspecified atom stereocenters. The van der Waals surface area contributed by atoms with Crippen molar-refractivity contribution in [3.8, 4) is 5.75 Å². The van der Waals surface area contributed by atoms with Crippen LogP contribution in [0.25, 0.3) is 10.9 Å². The van der Waals surface area contributed by atoms with E-state index in [1.165, 1.54) is 20.3 Å². The zero-order chi connectivity index (χ0) is 22.7. The summed E-state index contributed by atoms with van der Waals surface area (Å²) in [5, 5.41) is 12.3. The molecule has 0 fully saturated rings. The number of H-pyrrole nitrogens is 1. The molecule has 0 saturated heterocycles. The average Bonchev–Trinajstić information content (AvgIpc) is 3.13. The monoisotopic (exact) mass is 465 g/mol. The number of aromatic nitrogens is 1. The molecule has 7 nitrogen and oxygen atoms in total. The molecule has 1 aromatic heterocycles. The van der Waals surface area contributed by atoms with Crippen molar-refractivity contribution in [3.63, 3.8) is 0 Å². The van der Waals surface area contributed by atoms with E-state index in [9.17, 15) is 14.7 Å². The molecule has 0 bridgehead atoms. The maximum atomic E-state index is 12.7. The Hall–Kier alpha value is -2.74. The Morgan fingerprint density at radius 3 is 2.55 bits per heavy atom. The number of aliphatic hydroxyl groups excluding tert-OH is 1. The van der Waals surface area contributed by atoms with Crippen molar-refractivity contribution in [2.45, 2.75) is 18.9 Å². The van der Waals surface area contributed by atoms with Crippen molar-refractivity contribution in [2.75, 3.05) is 20.8 Å². The average molecular weight is 466 g/mol. The van der Waals surface area contributed by atoms with Crippen LogP contribution in [0.15, 0.2) is 36.4 Å². The molecular weight excluding hydrogens is 445 g/mol. The van der Waals surface area contributed by atoms with Gasteiger partial charge in [0.05, 0.1) is 32.0 Å². The molecule has 0 aliphatic heterocycles. The topological polar surface area (TPSA) is 97.9 Å². The van der Waals surface area contributed by atoms with E-state index in [2.05, 4.69) is 4.98 Å². The van der Waals surface area contributed by atoms with Crippen LogP contribution in [0.5, 0.6) is 5.75 Å². The van der Waals surface area contributed by atoms with Crippen LogP contribution in [-0.2, 0) is 14.3 Å². The summed E-state index contributed by atoms with van der Waals surface area (Å²) in [5.74, 6) is -2.07. The van der Waals surface area contributed by atoms with Crippen molar-refractivity contribution >= 4 is 46.0 Å². The van der Waals surface area contributed by atoms with E-state index in [0.29, 0.717) is 27.2 Å². The molecule has 2 N–H and O–H groups in total. The predicted molar refractivity (Wildman–Crippen MR) is 117 cm³/mol. The minimum Gasteiger partial charge on any atom is -0.497 e. The van der Waals surface area contributed by atoms with Gasteiger partial charge in [-0.2, -0.15) is 0 Å². The van der Waals surface area contributed by atoms with Gasteiger partial charge in [-0.25, -0.2) is 4.79 Å². The number of carbonyl (C=O) groups excluding carboxylic acids is 2. The number of fused-ring (bicyclic) bond motifs is 1. The second kappa shape index (κ2) is 9.60. The number of aliphatic hydroxyl groups is 1. The second-order valence-corrected chi connectivity index (χ2v) is 7.51. The quantitative estimate of drug-likeness (QED) is 0.492. The molecule has 0 aliphatic carbocycles. The van der Waals surface area contributed by atoms with Crippen molar-refractivity contribution in [1.82, 2.24) is 4.98 Å². The van der Waals surface area contributed by atoms with Crippen LogP contribution < -0.4 is 4.74 Å². The summed E-state index contributed by atoms with van der Waals surface area (Å²) in [6.45, 7) is 1.78. The number of aromatic amines is 1. The highest BCUT2D eigenvalue weighted by Gasteiger charge is 2.36. The molecule has 2 atom stereocenters. The highest BCUT2D eigenvalue weighted by molar-refractivity contribution is 6.39. The van der Waals surface area contributed by atoms with E-state index in [0.717, 1.165) is 0 Å². The third kappa shape index (κ3) is 4.49. The molecular formula is C22H21Cl2NO6. The molecule has 0 aliphatic rings. The van der Waals surface area contributed by atoms with E-state index in [1.54, 1.807) is 37.3 Å². The highest BCUT2D eigenvalue weighted by atomic mass is 35.5. The second-order valence-electron chi connectivity index (χ2n) is 6.67. The van der Waals surface area contributed by atoms with Crippen LogP contribution in [0.1, 0.15) is 40.6 Å². The number of ether oxygens (including phenoxy) is 3. The molecule has 1 heterocycles. The van der Waals surface area contributed by atoms with Crippen LogP contribution >= 0.6 is 23.2 Å². The number of benzene rings is 2. The minimum absolute atomic E-state index is 0.0229. The summed E-state index contributed by atoms with van der Waals surface area (Å²) >= 11 is 12.5. The molecule has 2 aromatic carbocycles. The van der Waals surface area contributed by atoms with Gasteiger partial charge in [-0.15, -0.1) is 0 Å². The Kier molecular flexibility index (Phi) is 7.10. The van der Waals surface area contributed by atoms with E-state index < -0.39 is 24.0 Å². The molecule has 0 spiro atoms. The standard InChI is InChI=1S/C22H21Cl2NO6/c1-4-31-22(28)19-18(17-14(24)9-12(23)10-15(17)25-19)20(26)16(21(27)30-3)11-6-5-7-13(8-11)29-2/h5-10,16,20,25-26H,4H2,1-3H3. The van der Waals surface area contributed by atoms with Crippen molar-refractivity contribution in [2.24, 2.45) is 0 Å². The molecule has 31 heavy (non-hydrogen) atoms. The van der Waals surface area contributed by atoms with Gasteiger partial charge in [-0.1, -0.05) is 35.3 Å². The van der Waals surface area contributed by atoms with Gasteiger partial charge < -0.3 is 24.3 Å². The van der Waals surface area contributed by atoms with E-state index in [-0.39, 0.29) is 22.9 Å². The molecule has 3 rings (SSSR count).